The van der Waals surface area contributed by atoms with Crippen molar-refractivity contribution in [3.63, 3.8) is 0 Å². The number of esters is 1. The number of ether oxygens (including phenoxy) is 7. The molecule has 0 spiro atoms. The molecule has 0 amide bonds. The molecule has 46 heavy (non-hydrogen) atoms. The van der Waals surface area contributed by atoms with Crippen LogP contribution in [0.5, 0.6) is 0 Å². The third-order valence-electron chi connectivity index (χ3n) is 7.97. The molecule has 242 valence electrons. The SMILES string of the molecule is COC(=O)C[C@@]1(OC)O[C@H](COCc2ccccc2)[C@@H](OCc2ccccc2)[C@H](OCc2ccccc2)[C@H]1OCc1ccccc1. The fraction of sp³-hybridized carbons (Fsp3) is 0.342. The van der Waals surface area contributed by atoms with Crippen molar-refractivity contribution in [1.82, 2.24) is 0 Å². The molecule has 1 heterocycles. The van der Waals surface area contributed by atoms with Gasteiger partial charge in [-0.05, 0) is 22.3 Å². The molecular weight excluding hydrogens is 584 g/mol. The Balaban J connectivity index is 1.50. The monoisotopic (exact) mass is 626 g/mol. The molecule has 0 aliphatic carbocycles. The van der Waals surface area contributed by atoms with Gasteiger partial charge >= 0.3 is 5.97 Å². The molecule has 1 fully saturated rings. The van der Waals surface area contributed by atoms with Gasteiger partial charge in [-0.1, -0.05) is 121 Å². The predicted molar refractivity (Wildman–Crippen MR) is 172 cm³/mol. The summed E-state index contributed by atoms with van der Waals surface area (Å²) in [7, 11) is 2.84. The third kappa shape index (κ3) is 9.10. The number of hydrogen-bond acceptors (Lipinski definition) is 8. The minimum absolute atomic E-state index is 0.150. The lowest BCUT2D eigenvalue weighted by Crippen LogP contribution is -2.68. The molecule has 0 radical (unpaired) electrons. The van der Waals surface area contributed by atoms with E-state index < -0.39 is 36.2 Å². The number of carbonyl (C=O) groups excluding carboxylic acids is 1. The van der Waals surface area contributed by atoms with Crippen LogP contribution < -0.4 is 0 Å². The van der Waals surface area contributed by atoms with Gasteiger partial charge < -0.3 is 33.2 Å². The van der Waals surface area contributed by atoms with Crippen molar-refractivity contribution in [2.24, 2.45) is 0 Å². The van der Waals surface area contributed by atoms with Gasteiger partial charge in [0.15, 0.2) is 0 Å². The van der Waals surface area contributed by atoms with Crippen molar-refractivity contribution in [2.75, 3.05) is 20.8 Å². The van der Waals surface area contributed by atoms with Crippen LogP contribution in [-0.4, -0.2) is 57.0 Å². The first-order chi connectivity index (χ1) is 22.6. The minimum Gasteiger partial charge on any atom is -0.469 e. The predicted octanol–water partition coefficient (Wildman–Crippen LogP) is 6.26. The normalized spacial score (nSPS) is 22.7. The summed E-state index contributed by atoms with van der Waals surface area (Å²) in [5, 5.41) is 0. The molecule has 5 rings (SSSR count). The first-order valence-electron chi connectivity index (χ1n) is 15.5. The zero-order chi connectivity index (χ0) is 32.0. The summed E-state index contributed by atoms with van der Waals surface area (Å²) in [5.41, 5.74) is 3.94. The van der Waals surface area contributed by atoms with Crippen LogP contribution >= 0.6 is 0 Å². The maximum Gasteiger partial charge on any atom is 0.311 e. The molecule has 4 aromatic rings. The van der Waals surface area contributed by atoms with Crippen LogP contribution in [0, 0.1) is 0 Å². The van der Waals surface area contributed by atoms with E-state index in [2.05, 4.69) is 0 Å². The molecule has 4 aromatic carbocycles. The Kier molecular flexibility index (Phi) is 12.5. The highest BCUT2D eigenvalue weighted by atomic mass is 16.7. The fourth-order valence-corrected chi connectivity index (χ4v) is 5.57. The Morgan fingerprint density at radius 3 is 1.50 bits per heavy atom. The second kappa shape index (κ2) is 17.1. The molecule has 0 saturated carbocycles. The highest BCUT2D eigenvalue weighted by Crippen LogP contribution is 2.40. The van der Waals surface area contributed by atoms with Gasteiger partial charge in [-0.15, -0.1) is 0 Å². The van der Waals surface area contributed by atoms with E-state index in [9.17, 15) is 4.79 Å². The lowest BCUT2D eigenvalue weighted by Gasteiger charge is -2.51. The standard InChI is InChI=1S/C38H42O8/c1-40-34(39)23-38(41-2)37(45-27-32-21-13-6-14-22-32)36(44-26-31-19-11-5-12-20-31)35(43-25-30-17-9-4-10-18-30)33(46-38)28-42-24-29-15-7-3-8-16-29/h3-22,33,35-37H,23-28H2,1-2H3/t33-,35-,36+,37-,38-/m1/s1. The van der Waals surface area contributed by atoms with E-state index in [-0.39, 0.29) is 26.2 Å². The second-order valence-electron chi connectivity index (χ2n) is 11.2. The average molecular weight is 627 g/mol. The maximum atomic E-state index is 12.9. The van der Waals surface area contributed by atoms with E-state index in [4.69, 9.17) is 33.2 Å². The van der Waals surface area contributed by atoms with Crippen molar-refractivity contribution in [2.45, 2.75) is 63.1 Å². The zero-order valence-corrected chi connectivity index (χ0v) is 26.4. The van der Waals surface area contributed by atoms with Crippen LogP contribution in [0.25, 0.3) is 0 Å². The van der Waals surface area contributed by atoms with Gasteiger partial charge in [0, 0.05) is 7.11 Å². The highest BCUT2D eigenvalue weighted by molar-refractivity contribution is 5.70. The number of hydrogen-bond donors (Lipinski definition) is 0. The van der Waals surface area contributed by atoms with Gasteiger partial charge in [0.05, 0.1) is 40.1 Å². The molecule has 0 unspecified atom stereocenters. The molecular formula is C38H42O8. The van der Waals surface area contributed by atoms with Crippen LogP contribution in [0.15, 0.2) is 121 Å². The van der Waals surface area contributed by atoms with Crippen LogP contribution in [0.2, 0.25) is 0 Å². The zero-order valence-electron chi connectivity index (χ0n) is 26.4. The van der Waals surface area contributed by atoms with Gasteiger partial charge in [-0.25, -0.2) is 0 Å². The Bertz CT molecular complexity index is 1440. The summed E-state index contributed by atoms with van der Waals surface area (Å²) in [5.74, 6) is -2.07. The largest absolute Gasteiger partial charge is 0.469 e. The first-order valence-corrected chi connectivity index (χ1v) is 15.5. The third-order valence-corrected chi connectivity index (χ3v) is 7.97. The molecule has 8 nitrogen and oxygen atoms in total. The number of carbonyl (C=O) groups is 1. The molecule has 8 heteroatoms. The summed E-state index contributed by atoms with van der Waals surface area (Å²) < 4.78 is 44.2. The van der Waals surface area contributed by atoms with Crippen molar-refractivity contribution in [1.29, 1.82) is 0 Å². The lowest BCUT2D eigenvalue weighted by atomic mass is 9.89. The van der Waals surface area contributed by atoms with E-state index in [0.29, 0.717) is 13.2 Å². The lowest BCUT2D eigenvalue weighted by molar-refractivity contribution is -0.377. The quantitative estimate of drug-likeness (QED) is 0.135. The average Bonchev–Trinajstić information content (AvgIpc) is 3.11. The highest BCUT2D eigenvalue weighted by Gasteiger charge is 2.58. The number of rotatable bonds is 16. The van der Waals surface area contributed by atoms with E-state index in [0.717, 1.165) is 22.3 Å². The summed E-state index contributed by atoms with van der Waals surface area (Å²) in [6, 6.07) is 39.5. The topological polar surface area (TPSA) is 81.7 Å². The minimum atomic E-state index is -1.56. The Morgan fingerprint density at radius 1 is 0.609 bits per heavy atom. The fourth-order valence-electron chi connectivity index (χ4n) is 5.57. The van der Waals surface area contributed by atoms with Gasteiger partial charge in [-0.2, -0.15) is 0 Å². The molecule has 0 N–H and O–H groups in total. The van der Waals surface area contributed by atoms with Crippen LogP contribution in [0.4, 0.5) is 0 Å². The molecule has 1 aliphatic heterocycles. The Morgan fingerprint density at radius 2 is 1.04 bits per heavy atom. The van der Waals surface area contributed by atoms with Crippen LogP contribution in [0.1, 0.15) is 28.7 Å². The first kappa shape index (κ1) is 33.5. The molecule has 0 bridgehead atoms. The number of methoxy groups -OCH3 is 2. The van der Waals surface area contributed by atoms with Crippen molar-refractivity contribution in [3.8, 4) is 0 Å². The maximum absolute atomic E-state index is 12.9. The molecule has 0 aromatic heterocycles. The molecule has 1 saturated heterocycles. The summed E-state index contributed by atoms with van der Waals surface area (Å²) in [6.07, 6.45) is -3.18. The van der Waals surface area contributed by atoms with Crippen molar-refractivity contribution in [3.05, 3.63) is 144 Å². The second-order valence-corrected chi connectivity index (χ2v) is 11.2. The van der Waals surface area contributed by atoms with E-state index in [1.54, 1.807) is 0 Å². The Hall–Kier alpha value is -3.89. The molecule has 5 atom stereocenters. The van der Waals surface area contributed by atoms with Gasteiger partial charge in [-0.3, -0.25) is 4.79 Å². The van der Waals surface area contributed by atoms with Gasteiger partial charge in [0.1, 0.15) is 30.8 Å². The van der Waals surface area contributed by atoms with Gasteiger partial charge in [0.2, 0.25) is 5.79 Å². The molecule has 1 aliphatic rings. The summed E-state index contributed by atoms with van der Waals surface area (Å²) in [4.78, 5) is 12.9. The smallest absolute Gasteiger partial charge is 0.311 e. The van der Waals surface area contributed by atoms with Gasteiger partial charge in [0.25, 0.3) is 0 Å². The Labute approximate surface area is 271 Å². The van der Waals surface area contributed by atoms with E-state index in [1.165, 1.54) is 14.2 Å². The van der Waals surface area contributed by atoms with Crippen LogP contribution in [-0.2, 0) is 64.4 Å². The van der Waals surface area contributed by atoms with E-state index >= 15 is 0 Å². The number of benzene rings is 4. The van der Waals surface area contributed by atoms with Crippen molar-refractivity contribution < 1.29 is 38.0 Å². The van der Waals surface area contributed by atoms with E-state index in [1.807, 2.05) is 121 Å². The van der Waals surface area contributed by atoms with Crippen molar-refractivity contribution >= 4 is 5.97 Å². The summed E-state index contributed by atoms with van der Waals surface area (Å²) in [6.45, 7) is 1.33. The van der Waals surface area contributed by atoms with Crippen LogP contribution in [0.3, 0.4) is 0 Å². The summed E-state index contributed by atoms with van der Waals surface area (Å²) >= 11 is 0.